The van der Waals surface area contributed by atoms with Gasteiger partial charge in [0.05, 0.1) is 5.69 Å². The Morgan fingerprint density at radius 1 is 1.42 bits per heavy atom. The van der Waals surface area contributed by atoms with Crippen molar-refractivity contribution in [2.24, 2.45) is 0 Å². The quantitative estimate of drug-likeness (QED) is 0.768. The number of rotatable bonds is 7. The van der Waals surface area contributed by atoms with Crippen molar-refractivity contribution in [2.45, 2.75) is 13.0 Å². The Hall–Kier alpha value is -1.59. The molecule has 2 heterocycles. The molecule has 0 saturated carbocycles. The van der Waals surface area contributed by atoms with Crippen molar-refractivity contribution in [3.8, 4) is 0 Å². The van der Waals surface area contributed by atoms with Crippen molar-refractivity contribution < 1.29 is 4.74 Å². The van der Waals surface area contributed by atoms with E-state index in [0.717, 1.165) is 37.6 Å². The molecule has 0 aliphatic heterocycles. The molecule has 104 valence electrons. The van der Waals surface area contributed by atoms with Crippen molar-refractivity contribution in [1.82, 2.24) is 14.7 Å². The molecular formula is C14H22N4O. The Morgan fingerprint density at radius 2 is 2.26 bits per heavy atom. The maximum Gasteiger partial charge on any atom is 0.152 e. The van der Waals surface area contributed by atoms with E-state index < -0.39 is 0 Å². The van der Waals surface area contributed by atoms with Gasteiger partial charge in [-0.05, 0) is 25.6 Å². The molecule has 2 rings (SSSR count). The number of anilines is 1. The number of hydrogen-bond acceptors (Lipinski definition) is 4. The number of pyridine rings is 1. The van der Waals surface area contributed by atoms with Crippen molar-refractivity contribution in [3.05, 3.63) is 30.1 Å². The highest BCUT2D eigenvalue weighted by molar-refractivity contribution is 5.55. The lowest BCUT2D eigenvalue weighted by Crippen LogP contribution is -2.22. The van der Waals surface area contributed by atoms with Gasteiger partial charge in [0.2, 0.25) is 0 Å². The fourth-order valence-corrected chi connectivity index (χ4v) is 2.22. The van der Waals surface area contributed by atoms with Gasteiger partial charge in [-0.3, -0.25) is 0 Å². The highest BCUT2D eigenvalue weighted by Gasteiger charge is 2.14. The maximum absolute atomic E-state index is 5.10. The van der Waals surface area contributed by atoms with Gasteiger partial charge in [-0.1, -0.05) is 6.07 Å². The van der Waals surface area contributed by atoms with E-state index in [4.69, 9.17) is 9.72 Å². The second-order valence-electron chi connectivity index (χ2n) is 4.61. The molecule has 0 aliphatic carbocycles. The van der Waals surface area contributed by atoms with Gasteiger partial charge in [-0.15, -0.1) is 0 Å². The number of nitrogens with one attached hydrogen (secondary N) is 1. The number of nitrogens with zero attached hydrogens (tertiary/aromatic N) is 3. The summed E-state index contributed by atoms with van der Waals surface area (Å²) in [5.41, 5.74) is 2.18. The Labute approximate surface area is 114 Å². The Kier molecular flexibility index (Phi) is 4.76. The summed E-state index contributed by atoms with van der Waals surface area (Å²) in [6.07, 6.45) is 3.06. The van der Waals surface area contributed by atoms with Crippen molar-refractivity contribution in [3.63, 3.8) is 0 Å². The Morgan fingerprint density at radius 3 is 3.00 bits per heavy atom. The topological polar surface area (TPSA) is 41.8 Å². The minimum atomic E-state index is 0.777. The molecule has 0 aromatic carbocycles. The summed E-state index contributed by atoms with van der Waals surface area (Å²) in [7, 11) is 5.77. The summed E-state index contributed by atoms with van der Waals surface area (Å²) in [5, 5.41) is 3.21. The fourth-order valence-electron chi connectivity index (χ4n) is 2.22. The third-order valence-electron chi connectivity index (χ3n) is 3.16. The third kappa shape index (κ3) is 3.05. The third-order valence-corrected chi connectivity index (χ3v) is 3.16. The zero-order valence-corrected chi connectivity index (χ0v) is 11.9. The van der Waals surface area contributed by atoms with Gasteiger partial charge in [0, 0.05) is 40.1 Å². The first kappa shape index (κ1) is 13.8. The van der Waals surface area contributed by atoms with Gasteiger partial charge >= 0.3 is 0 Å². The first-order valence-corrected chi connectivity index (χ1v) is 6.58. The molecule has 19 heavy (non-hydrogen) atoms. The van der Waals surface area contributed by atoms with Gasteiger partial charge in [0.15, 0.2) is 5.82 Å². The largest absolute Gasteiger partial charge is 0.385 e. The summed E-state index contributed by atoms with van der Waals surface area (Å²) >= 11 is 0. The number of hydrogen-bond donors (Lipinski definition) is 1. The standard InChI is InChI=1S/C14H22N4O/c1-15-11-12-14(17(2)8-6-10-19-3)16-13-7-4-5-9-18(12)13/h4-5,7,9,15H,6,8,10-11H2,1-3H3. The van der Waals surface area contributed by atoms with Gasteiger partial charge in [-0.2, -0.15) is 0 Å². The molecule has 0 spiro atoms. The number of aromatic nitrogens is 2. The fraction of sp³-hybridized carbons (Fsp3) is 0.500. The zero-order chi connectivity index (χ0) is 13.7. The molecule has 0 amide bonds. The van der Waals surface area contributed by atoms with Gasteiger partial charge < -0.3 is 19.4 Å². The minimum absolute atomic E-state index is 0.777. The van der Waals surface area contributed by atoms with Crippen LogP contribution in [0.25, 0.3) is 5.65 Å². The predicted molar refractivity (Wildman–Crippen MR) is 77.7 cm³/mol. The Balaban J connectivity index is 2.27. The van der Waals surface area contributed by atoms with Crippen molar-refractivity contribution in [1.29, 1.82) is 0 Å². The van der Waals surface area contributed by atoms with E-state index in [-0.39, 0.29) is 0 Å². The number of ether oxygens (including phenoxy) is 1. The van der Waals surface area contributed by atoms with E-state index in [1.807, 2.05) is 25.2 Å². The zero-order valence-electron chi connectivity index (χ0n) is 11.9. The van der Waals surface area contributed by atoms with Crippen LogP contribution in [0.3, 0.4) is 0 Å². The molecule has 0 fully saturated rings. The van der Waals surface area contributed by atoms with Crippen LogP contribution in [0.5, 0.6) is 0 Å². The van der Waals surface area contributed by atoms with Crippen LogP contribution in [0.4, 0.5) is 5.82 Å². The molecule has 0 unspecified atom stereocenters. The maximum atomic E-state index is 5.10. The lowest BCUT2D eigenvalue weighted by molar-refractivity contribution is 0.196. The molecule has 1 N–H and O–H groups in total. The predicted octanol–water partition coefficient (Wildman–Crippen LogP) is 1.53. The van der Waals surface area contributed by atoms with E-state index in [1.165, 1.54) is 5.69 Å². The lowest BCUT2D eigenvalue weighted by atomic mass is 10.3. The van der Waals surface area contributed by atoms with Crippen molar-refractivity contribution in [2.75, 3.05) is 39.3 Å². The highest BCUT2D eigenvalue weighted by Crippen LogP contribution is 2.20. The number of methoxy groups -OCH3 is 1. The molecular weight excluding hydrogens is 240 g/mol. The average Bonchev–Trinajstić information content (AvgIpc) is 2.79. The van der Waals surface area contributed by atoms with Crippen LogP contribution in [0.15, 0.2) is 24.4 Å². The molecule has 5 heteroatoms. The second-order valence-corrected chi connectivity index (χ2v) is 4.61. The SMILES string of the molecule is CNCc1c(N(C)CCCOC)nc2ccccn12. The van der Waals surface area contributed by atoms with Gasteiger partial charge in [-0.25, -0.2) is 4.98 Å². The monoisotopic (exact) mass is 262 g/mol. The normalized spacial score (nSPS) is 11.1. The van der Waals surface area contributed by atoms with E-state index >= 15 is 0 Å². The Bertz CT molecular complexity index is 523. The van der Waals surface area contributed by atoms with Crippen LogP contribution < -0.4 is 10.2 Å². The summed E-state index contributed by atoms with van der Waals surface area (Å²) < 4.78 is 7.24. The smallest absolute Gasteiger partial charge is 0.152 e. The molecule has 2 aromatic heterocycles. The van der Waals surface area contributed by atoms with E-state index in [2.05, 4.69) is 27.9 Å². The molecule has 2 aromatic rings. The first-order chi connectivity index (χ1) is 9.27. The molecule has 0 radical (unpaired) electrons. The second kappa shape index (κ2) is 6.54. The van der Waals surface area contributed by atoms with Crippen LogP contribution in [-0.4, -0.2) is 43.7 Å². The van der Waals surface area contributed by atoms with Crippen LogP contribution >= 0.6 is 0 Å². The number of fused-ring (bicyclic) bond motifs is 1. The van der Waals surface area contributed by atoms with Crippen LogP contribution in [-0.2, 0) is 11.3 Å². The molecule has 0 aliphatic rings. The van der Waals surface area contributed by atoms with Crippen molar-refractivity contribution >= 4 is 11.5 Å². The van der Waals surface area contributed by atoms with E-state index in [0.29, 0.717) is 0 Å². The van der Waals surface area contributed by atoms with Gasteiger partial charge in [0.1, 0.15) is 5.65 Å². The van der Waals surface area contributed by atoms with Crippen LogP contribution in [0.2, 0.25) is 0 Å². The molecule has 5 nitrogen and oxygen atoms in total. The van der Waals surface area contributed by atoms with E-state index in [1.54, 1.807) is 7.11 Å². The lowest BCUT2D eigenvalue weighted by Gasteiger charge is -2.18. The highest BCUT2D eigenvalue weighted by atomic mass is 16.5. The van der Waals surface area contributed by atoms with Crippen LogP contribution in [0, 0.1) is 0 Å². The number of imidazole rings is 1. The minimum Gasteiger partial charge on any atom is -0.385 e. The molecule has 0 bridgehead atoms. The summed E-state index contributed by atoms with van der Waals surface area (Å²) in [6.45, 7) is 2.52. The van der Waals surface area contributed by atoms with Gasteiger partial charge in [0.25, 0.3) is 0 Å². The average molecular weight is 262 g/mol. The van der Waals surface area contributed by atoms with E-state index in [9.17, 15) is 0 Å². The summed E-state index contributed by atoms with van der Waals surface area (Å²) in [5.74, 6) is 1.04. The first-order valence-electron chi connectivity index (χ1n) is 6.58. The van der Waals surface area contributed by atoms with Crippen LogP contribution in [0.1, 0.15) is 12.1 Å². The summed E-state index contributed by atoms with van der Waals surface area (Å²) in [6, 6.07) is 6.08. The molecule has 0 saturated heterocycles. The summed E-state index contributed by atoms with van der Waals surface area (Å²) in [4.78, 5) is 6.91. The molecule has 0 atom stereocenters.